The molecule has 1 unspecified atom stereocenters. The average molecular weight is 623 g/mol. The van der Waals surface area contributed by atoms with Crippen LogP contribution >= 0.6 is 24.8 Å². The Hall–Kier alpha value is -3.92. The molecule has 226 valence electrons. The number of carbonyl (C=O) groups is 2. The first kappa shape index (κ1) is 32.0. The van der Waals surface area contributed by atoms with Crippen LogP contribution in [0.2, 0.25) is 0 Å². The van der Waals surface area contributed by atoms with Crippen LogP contribution in [0.25, 0.3) is 33.5 Å². The van der Waals surface area contributed by atoms with Gasteiger partial charge in [-0.2, -0.15) is 0 Å². The van der Waals surface area contributed by atoms with Crippen LogP contribution in [0.1, 0.15) is 38.3 Å². The number of piperidine rings is 1. The summed E-state index contributed by atoms with van der Waals surface area (Å²) in [6.45, 7) is 4.43. The third-order valence-corrected chi connectivity index (χ3v) is 7.91. The highest BCUT2D eigenvalue weighted by Crippen LogP contribution is 2.33. The molecule has 1 aliphatic heterocycles. The Morgan fingerprint density at radius 3 is 2.44 bits per heavy atom. The Labute approximate surface area is 263 Å². The quantitative estimate of drug-likeness (QED) is 0.235. The van der Waals surface area contributed by atoms with E-state index in [1.807, 2.05) is 65.7 Å². The second-order valence-corrected chi connectivity index (χ2v) is 11.4. The number of pyridine rings is 1. The number of H-pyrrole nitrogens is 1. The minimum Gasteiger partial charge on any atom is -0.361 e. The maximum Gasteiger partial charge on any atom is 0.245 e. The van der Waals surface area contributed by atoms with E-state index >= 15 is 0 Å². The van der Waals surface area contributed by atoms with Gasteiger partial charge in [0.1, 0.15) is 17.4 Å². The minimum atomic E-state index is -1.10. The molecule has 0 bridgehead atoms. The van der Waals surface area contributed by atoms with Gasteiger partial charge >= 0.3 is 0 Å². The van der Waals surface area contributed by atoms with Crippen molar-refractivity contribution < 1.29 is 9.59 Å². The van der Waals surface area contributed by atoms with Crippen molar-refractivity contribution in [2.24, 2.45) is 5.73 Å². The number of halogens is 2. The number of amides is 2. The van der Waals surface area contributed by atoms with Gasteiger partial charge in [0.25, 0.3) is 0 Å². The highest BCUT2D eigenvalue weighted by atomic mass is 35.5. The number of hydrogen-bond acceptors (Lipinski definition) is 5. The van der Waals surface area contributed by atoms with Crippen molar-refractivity contribution in [3.8, 4) is 11.4 Å². The molecule has 0 spiro atoms. The first-order valence-corrected chi connectivity index (χ1v) is 14.1. The summed E-state index contributed by atoms with van der Waals surface area (Å²) < 4.78 is 2.23. The van der Waals surface area contributed by atoms with E-state index in [4.69, 9.17) is 10.7 Å². The van der Waals surface area contributed by atoms with E-state index in [0.717, 1.165) is 51.9 Å². The number of nitrogens with one attached hydrogen (secondary N) is 2. The van der Waals surface area contributed by atoms with Crippen LogP contribution in [0.15, 0.2) is 79.1 Å². The lowest BCUT2D eigenvalue weighted by atomic mass is 9.99. The van der Waals surface area contributed by atoms with E-state index < -0.39 is 11.6 Å². The topological polar surface area (TPSA) is 122 Å². The third-order valence-electron chi connectivity index (χ3n) is 7.91. The van der Waals surface area contributed by atoms with Gasteiger partial charge in [0, 0.05) is 54.4 Å². The minimum absolute atomic E-state index is 0. The van der Waals surface area contributed by atoms with Gasteiger partial charge in [0.15, 0.2) is 5.65 Å². The number of nitrogens with zero attached hydrogens (tertiary/aromatic N) is 4. The van der Waals surface area contributed by atoms with E-state index in [9.17, 15) is 9.59 Å². The maximum absolute atomic E-state index is 13.9. The molecule has 6 rings (SSSR count). The largest absolute Gasteiger partial charge is 0.361 e. The molecule has 11 heteroatoms. The normalized spacial score (nSPS) is 14.6. The first-order valence-electron chi connectivity index (χ1n) is 14.1. The van der Waals surface area contributed by atoms with Crippen LogP contribution in [0, 0.1) is 0 Å². The summed E-state index contributed by atoms with van der Waals surface area (Å²) in [5.41, 5.74) is 9.71. The molecular weight excluding hydrogens is 585 g/mol. The summed E-state index contributed by atoms with van der Waals surface area (Å²) >= 11 is 0. The molecule has 4 heterocycles. The molecule has 1 fully saturated rings. The summed E-state index contributed by atoms with van der Waals surface area (Å²) in [6.07, 6.45) is 5.59. The van der Waals surface area contributed by atoms with E-state index in [2.05, 4.69) is 32.0 Å². The molecule has 1 atom stereocenters. The molecule has 4 N–H and O–H groups in total. The van der Waals surface area contributed by atoms with E-state index in [1.165, 1.54) is 0 Å². The lowest BCUT2D eigenvalue weighted by molar-refractivity contribution is -0.138. The number of nitrogens with two attached hydrogens (primary N) is 1. The van der Waals surface area contributed by atoms with Crippen LogP contribution < -0.4 is 11.1 Å². The van der Waals surface area contributed by atoms with Gasteiger partial charge < -0.3 is 25.5 Å². The smallest absolute Gasteiger partial charge is 0.245 e. The van der Waals surface area contributed by atoms with Crippen LogP contribution in [0.3, 0.4) is 0 Å². The van der Waals surface area contributed by atoms with Crippen molar-refractivity contribution in [2.75, 3.05) is 13.1 Å². The van der Waals surface area contributed by atoms with E-state index in [-0.39, 0.29) is 42.7 Å². The predicted molar refractivity (Wildman–Crippen MR) is 175 cm³/mol. The average Bonchev–Trinajstić information content (AvgIpc) is 3.58. The second kappa shape index (κ2) is 13.2. The van der Waals surface area contributed by atoms with Gasteiger partial charge in [-0.25, -0.2) is 9.97 Å². The molecule has 2 amide bonds. The van der Waals surface area contributed by atoms with Crippen molar-refractivity contribution in [2.45, 2.75) is 50.7 Å². The molecule has 1 saturated heterocycles. The van der Waals surface area contributed by atoms with Crippen LogP contribution in [-0.2, 0) is 16.0 Å². The molecule has 9 nitrogen and oxygen atoms in total. The Kier molecular flexibility index (Phi) is 9.79. The highest BCUT2D eigenvalue weighted by Gasteiger charge is 2.34. The fourth-order valence-corrected chi connectivity index (χ4v) is 5.70. The molecule has 43 heavy (non-hydrogen) atoms. The lowest BCUT2D eigenvalue weighted by Gasteiger charge is -2.36. The molecular formula is C32H37Cl2N7O2. The summed E-state index contributed by atoms with van der Waals surface area (Å²) in [4.78, 5) is 41.6. The third kappa shape index (κ3) is 6.54. The van der Waals surface area contributed by atoms with Gasteiger partial charge in [-0.3, -0.25) is 9.59 Å². The zero-order valence-electron chi connectivity index (χ0n) is 24.2. The van der Waals surface area contributed by atoms with Crippen LogP contribution in [-0.4, -0.2) is 60.9 Å². The summed E-state index contributed by atoms with van der Waals surface area (Å²) in [7, 11) is 0. The number of carbonyl (C=O) groups excluding carboxylic acids is 2. The zero-order valence-corrected chi connectivity index (χ0v) is 25.8. The Morgan fingerprint density at radius 1 is 1.02 bits per heavy atom. The molecule has 1 aliphatic rings. The summed E-state index contributed by atoms with van der Waals surface area (Å²) in [5, 5.41) is 4.00. The number of aromatic amines is 1. The number of fused-ring (bicyclic) bond motifs is 2. The molecule has 5 aromatic rings. The maximum atomic E-state index is 13.9. The summed E-state index contributed by atoms with van der Waals surface area (Å²) in [5.74, 6) is 0.441. The monoisotopic (exact) mass is 621 g/mol. The van der Waals surface area contributed by atoms with E-state index in [0.29, 0.717) is 19.5 Å². The number of likely N-dealkylation sites (tertiary alicyclic amines) is 1. The van der Waals surface area contributed by atoms with Crippen LogP contribution in [0.4, 0.5) is 0 Å². The Bertz CT molecular complexity index is 1700. The standard InChI is InChI=1S/C32H35N7O2.2ClH/c1-32(2,33)31(41)37-27(19-22-20-35-25-12-7-6-11-24(22)25)30(40)38-17-14-23(15-18-38)39-28(21-9-4-3-5-10-21)36-26-13-8-16-34-29(26)39;;/h3-13,16,20,23,27,35H,14-15,17-19,33H2,1-2H3,(H,37,41);2*1H. The highest BCUT2D eigenvalue weighted by molar-refractivity contribution is 5.92. The van der Waals surface area contributed by atoms with Gasteiger partial charge in [0.05, 0.1) is 5.54 Å². The SMILES string of the molecule is CC(C)(N)C(=O)NC(Cc1c[nH]c2ccccc12)C(=O)N1CCC(n2c(-c3ccccc3)nc3cccnc32)CC1.Cl.Cl. The van der Waals surface area contributed by atoms with Crippen LogP contribution in [0.5, 0.6) is 0 Å². The fourth-order valence-electron chi connectivity index (χ4n) is 5.70. The van der Waals surface area contributed by atoms with Gasteiger partial charge in [-0.15, -0.1) is 24.8 Å². The molecule has 0 radical (unpaired) electrons. The number of hydrogen-bond donors (Lipinski definition) is 3. The molecule has 2 aromatic carbocycles. The van der Waals surface area contributed by atoms with E-state index in [1.54, 1.807) is 20.0 Å². The van der Waals surface area contributed by atoms with Crippen molar-refractivity contribution in [3.05, 3.63) is 84.7 Å². The van der Waals surface area contributed by atoms with Gasteiger partial charge in [-0.1, -0.05) is 48.5 Å². The number of imidazole rings is 1. The number of aromatic nitrogens is 4. The molecule has 0 saturated carbocycles. The van der Waals surface area contributed by atoms with Crippen molar-refractivity contribution in [1.29, 1.82) is 0 Å². The Balaban J connectivity index is 0.00000212. The fraction of sp³-hybridized carbons (Fsp3) is 0.312. The number of benzene rings is 2. The van der Waals surface area contributed by atoms with Crippen molar-refractivity contribution in [1.82, 2.24) is 29.7 Å². The summed E-state index contributed by atoms with van der Waals surface area (Å²) in [6, 6.07) is 21.4. The lowest BCUT2D eigenvalue weighted by Crippen LogP contribution is -2.57. The van der Waals surface area contributed by atoms with Gasteiger partial charge in [-0.05, 0) is 50.5 Å². The zero-order chi connectivity index (χ0) is 28.6. The molecule has 3 aromatic heterocycles. The second-order valence-electron chi connectivity index (χ2n) is 11.4. The van der Waals surface area contributed by atoms with Gasteiger partial charge in [0.2, 0.25) is 11.8 Å². The van der Waals surface area contributed by atoms with Crippen molar-refractivity contribution >= 4 is 58.7 Å². The predicted octanol–water partition coefficient (Wildman–Crippen LogP) is 5.05. The number of rotatable bonds is 7. The Morgan fingerprint density at radius 2 is 1.72 bits per heavy atom. The van der Waals surface area contributed by atoms with Crippen molar-refractivity contribution in [3.63, 3.8) is 0 Å². The first-order chi connectivity index (χ1) is 19.8. The molecule has 0 aliphatic carbocycles. The number of para-hydroxylation sites is 1.